The minimum Gasteiger partial charge on any atom is -0.491 e. The number of aromatic amines is 1. The number of nitrogens with one attached hydrogen (secondary N) is 1. The third kappa shape index (κ3) is 5.25. The quantitative estimate of drug-likeness (QED) is 0.273. The molecule has 1 N–H and O–H groups in total. The van der Waals surface area contributed by atoms with Crippen molar-refractivity contribution in [3.8, 4) is 16.9 Å². The molecule has 0 saturated heterocycles. The number of ether oxygens (including phenoxy) is 2. The Morgan fingerprint density at radius 3 is 2.55 bits per heavy atom. The molecule has 0 aliphatic heterocycles. The molecule has 0 amide bonds. The molecular formula is C25H24Cl2N2O3S. The fourth-order valence-electron chi connectivity index (χ4n) is 3.62. The molecule has 1 atom stereocenters. The van der Waals surface area contributed by atoms with Crippen molar-refractivity contribution in [2.75, 3.05) is 26.1 Å². The van der Waals surface area contributed by atoms with Gasteiger partial charge in [-0.25, -0.2) is 4.98 Å². The summed E-state index contributed by atoms with van der Waals surface area (Å²) < 4.78 is 22.9. The van der Waals surface area contributed by atoms with Crippen LogP contribution >= 0.6 is 23.2 Å². The van der Waals surface area contributed by atoms with Gasteiger partial charge in [0.05, 0.1) is 33.0 Å². The largest absolute Gasteiger partial charge is 0.491 e. The number of benzene rings is 3. The molecular weight excluding hydrogens is 479 g/mol. The molecule has 172 valence electrons. The molecule has 5 nitrogen and oxygen atoms in total. The van der Waals surface area contributed by atoms with E-state index in [1.807, 2.05) is 61.5 Å². The topological polar surface area (TPSA) is 64.2 Å². The Labute approximate surface area is 205 Å². The molecule has 8 heteroatoms. The zero-order chi connectivity index (χ0) is 23.4. The fraction of sp³-hybridized carbons (Fsp3) is 0.240. The smallest absolute Gasteiger partial charge is 0.127 e. The lowest BCUT2D eigenvalue weighted by Crippen LogP contribution is -2.05. The number of fused-ring (bicyclic) bond motifs is 1. The molecule has 1 aromatic heterocycles. The maximum Gasteiger partial charge on any atom is 0.127 e. The number of hydrogen-bond donors (Lipinski definition) is 1. The summed E-state index contributed by atoms with van der Waals surface area (Å²) in [7, 11) is 0.670. The Morgan fingerprint density at radius 2 is 1.82 bits per heavy atom. The Morgan fingerprint density at radius 1 is 1.06 bits per heavy atom. The highest BCUT2D eigenvalue weighted by Crippen LogP contribution is 2.43. The van der Waals surface area contributed by atoms with Crippen molar-refractivity contribution in [1.29, 1.82) is 0 Å². The van der Waals surface area contributed by atoms with E-state index in [1.165, 1.54) is 0 Å². The van der Waals surface area contributed by atoms with E-state index in [-0.39, 0.29) is 0 Å². The van der Waals surface area contributed by atoms with Gasteiger partial charge in [-0.1, -0.05) is 60.5 Å². The number of H-pyrrole nitrogens is 1. The second kappa shape index (κ2) is 10.7. The van der Waals surface area contributed by atoms with Crippen molar-refractivity contribution in [2.45, 2.75) is 18.2 Å². The Kier molecular flexibility index (Phi) is 7.71. The van der Waals surface area contributed by atoms with E-state index in [1.54, 1.807) is 7.11 Å². The molecule has 4 aromatic rings. The van der Waals surface area contributed by atoms with Gasteiger partial charge in [-0.05, 0) is 29.8 Å². The van der Waals surface area contributed by atoms with E-state index < -0.39 is 10.8 Å². The van der Waals surface area contributed by atoms with Crippen molar-refractivity contribution in [1.82, 2.24) is 9.97 Å². The van der Waals surface area contributed by atoms with Gasteiger partial charge in [0.1, 0.15) is 23.7 Å². The van der Waals surface area contributed by atoms with E-state index in [0.717, 1.165) is 27.4 Å². The molecule has 1 unspecified atom stereocenters. The molecule has 0 spiro atoms. The third-order valence-corrected chi connectivity index (χ3v) is 7.23. The molecule has 0 saturated carbocycles. The monoisotopic (exact) mass is 502 g/mol. The number of hydrogen-bond acceptors (Lipinski definition) is 4. The number of rotatable bonds is 9. The molecule has 0 radical (unpaired) electrons. The summed E-state index contributed by atoms with van der Waals surface area (Å²) >= 11 is 13.5. The van der Waals surface area contributed by atoms with E-state index in [4.69, 9.17) is 37.7 Å². The van der Waals surface area contributed by atoms with Crippen LogP contribution in [0.1, 0.15) is 18.3 Å². The highest BCUT2D eigenvalue weighted by molar-refractivity contribution is 7.85. The van der Waals surface area contributed by atoms with Crippen LogP contribution in [-0.2, 0) is 22.0 Å². The Balaban J connectivity index is 1.67. The molecule has 4 rings (SSSR count). The van der Waals surface area contributed by atoms with Crippen LogP contribution in [0.5, 0.6) is 5.75 Å². The second-order valence-electron chi connectivity index (χ2n) is 7.42. The molecule has 3 aromatic carbocycles. The summed E-state index contributed by atoms with van der Waals surface area (Å²) in [5.41, 5.74) is 3.97. The molecule has 0 aliphatic rings. The minimum atomic E-state index is -0.962. The summed E-state index contributed by atoms with van der Waals surface area (Å²) in [5, 5.41) is 0.980. The first kappa shape index (κ1) is 23.8. The number of nitrogens with zero attached hydrogens (tertiary/aromatic N) is 1. The van der Waals surface area contributed by atoms with Gasteiger partial charge in [0, 0.05) is 35.3 Å². The number of aromatic nitrogens is 2. The maximum atomic E-state index is 12.0. The average Bonchev–Trinajstić information content (AvgIpc) is 3.22. The number of methoxy groups -OCH3 is 1. The molecule has 0 aliphatic carbocycles. The normalized spacial score (nSPS) is 12.2. The minimum absolute atomic E-state index is 0.419. The van der Waals surface area contributed by atoms with Crippen molar-refractivity contribution < 1.29 is 13.7 Å². The average molecular weight is 503 g/mol. The van der Waals surface area contributed by atoms with Crippen LogP contribution in [0.15, 0.2) is 59.5 Å². The lowest BCUT2D eigenvalue weighted by Gasteiger charge is -2.14. The van der Waals surface area contributed by atoms with E-state index >= 15 is 0 Å². The standard InChI is InChI=1S/C25H24Cl2N2O3S/c1-3-33(30)17-10-8-16(9-11-17)14-22-28-20-15-19(26)23(24(27)25(20)29-22)18-6-4-5-7-21(18)32-13-12-31-2/h4-11,15H,3,12-14H2,1-2H3,(H,28,29). The van der Waals surface area contributed by atoms with E-state index in [9.17, 15) is 4.21 Å². The van der Waals surface area contributed by atoms with Gasteiger partial charge in [-0.15, -0.1) is 0 Å². The highest BCUT2D eigenvalue weighted by Gasteiger charge is 2.19. The van der Waals surface area contributed by atoms with Gasteiger partial charge in [0.15, 0.2) is 0 Å². The van der Waals surface area contributed by atoms with Gasteiger partial charge < -0.3 is 14.5 Å². The number of imidazole rings is 1. The Hall–Kier alpha value is -2.38. The summed E-state index contributed by atoms with van der Waals surface area (Å²) in [4.78, 5) is 8.90. The first-order valence-corrected chi connectivity index (χ1v) is 12.6. The van der Waals surface area contributed by atoms with Crippen molar-refractivity contribution in [3.63, 3.8) is 0 Å². The van der Waals surface area contributed by atoms with Crippen LogP contribution in [0.3, 0.4) is 0 Å². The first-order chi connectivity index (χ1) is 16.0. The summed E-state index contributed by atoms with van der Waals surface area (Å²) in [6, 6.07) is 17.2. The van der Waals surface area contributed by atoms with Gasteiger partial charge in [-0.3, -0.25) is 4.21 Å². The van der Waals surface area contributed by atoms with Crippen molar-refractivity contribution >= 4 is 45.0 Å². The van der Waals surface area contributed by atoms with Crippen LogP contribution in [0.4, 0.5) is 0 Å². The molecule has 0 fully saturated rings. The summed E-state index contributed by atoms with van der Waals surface area (Å²) in [6.45, 7) is 2.81. The van der Waals surface area contributed by atoms with Crippen molar-refractivity contribution in [3.05, 3.63) is 76.0 Å². The molecule has 0 bridgehead atoms. The number of halogens is 2. The predicted octanol–water partition coefficient (Wildman–Crippen LogP) is 6.28. The van der Waals surface area contributed by atoms with Crippen LogP contribution in [0.2, 0.25) is 10.0 Å². The first-order valence-electron chi connectivity index (χ1n) is 10.6. The van der Waals surface area contributed by atoms with E-state index in [0.29, 0.717) is 52.3 Å². The predicted molar refractivity (Wildman–Crippen MR) is 135 cm³/mol. The second-order valence-corrected chi connectivity index (χ2v) is 9.94. The van der Waals surface area contributed by atoms with Crippen LogP contribution < -0.4 is 4.74 Å². The summed E-state index contributed by atoms with van der Waals surface area (Å²) in [6.07, 6.45) is 0.591. The highest BCUT2D eigenvalue weighted by atomic mass is 35.5. The van der Waals surface area contributed by atoms with Gasteiger partial charge in [-0.2, -0.15) is 0 Å². The zero-order valence-electron chi connectivity index (χ0n) is 18.4. The summed E-state index contributed by atoms with van der Waals surface area (Å²) in [5.74, 6) is 2.05. The zero-order valence-corrected chi connectivity index (χ0v) is 20.7. The number of para-hydroxylation sites is 1. The van der Waals surface area contributed by atoms with Gasteiger partial charge in [0.2, 0.25) is 0 Å². The lowest BCUT2D eigenvalue weighted by molar-refractivity contribution is 0.146. The van der Waals surface area contributed by atoms with Crippen LogP contribution in [0.25, 0.3) is 22.2 Å². The Bertz CT molecular complexity index is 1290. The van der Waals surface area contributed by atoms with Crippen LogP contribution in [0, 0.1) is 0 Å². The molecule has 33 heavy (non-hydrogen) atoms. The molecule has 1 heterocycles. The SMILES string of the molecule is CCS(=O)c1ccc(Cc2nc3c(Cl)c(-c4ccccc4OCCOC)c(Cl)cc3[nH]2)cc1. The van der Waals surface area contributed by atoms with E-state index in [2.05, 4.69) is 4.98 Å². The third-order valence-electron chi connectivity index (χ3n) is 5.24. The van der Waals surface area contributed by atoms with Crippen LogP contribution in [-0.4, -0.2) is 40.3 Å². The maximum absolute atomic E-state index is 12.0. The lowest BCUT2D eigenvalue weighted by atomic mass is 10.0. The van der Waals surface area contributed by atoms with Gasteiger partial charge in [0.25, 0.3) is 0 Å². The fourth-order valence-corrected chi connectivity index (χ4v) is 5.09. The van der Waals surface area contributed by atoms with Crippen molar-refractivity contribution in [2.24, 2.45) is 0 Å². The van der Waals surface area contributed by atoms with Gasteiger partial charge >= 0.3 is 0 Å².